The van der Waals surface area contributed by atoms with Crippen molar-refractivity contribution in [2.45, 2.75) is 18.6 Å². The fourth-order valence-corrected chi connectivity index (χ4v) is 5.88. The van der Waals surface area contributed by atoms with Crippen LogP contribution >= 0.6 is 11.6 Å². The van der Waals surface area contributed by atoms with E-state index in [1.54, 1.807) is 30.3 Å². The number of para-hydroxylation sites is 1. The van der Waals surface area contributed by atoms with Crippen LogP contribution in [0.4, 0.5) is 14.9 Å². The predicted molar refractivity (Wildman–Crippen MR) is 97.5 cm³/mol. The molecule has 2 aromatic rings. The lowest BCUT2D eigenvalue weighted by molar-refractivity contribution is 0.205. The predicted octanol–water partition coefficient (Wildman–Crippen LogP) is 3.09. The molecule has 0 radical (unpaired) electrons. The van der Waals surface area contributed by atoms with E-state index in [9.17, 15) is 17.6 Å². The summed E-state index contributed by atoms with van der Waals surface area (Å²) in [4.78, 5) is 16.0. The number of carbonyl (C=O) groups excluding carboxylic acids is 1. The maximum absolute atomic E-state index is 14.2. The van der Waals surface area contributed by atoms with Crippen LogP contribution in [0.1, 0.15) is 5.56 Å². The van der Waals surface area contributed by atoms with E-state index in [1.807, 2.05) is 6.07 Å². The lowest BCUT2D eigenvalue weighted by Gasteiger charge is -2.23. The number of urea groups is 1. The Labute approximate surface area is 155 Å². The zero-order chi connectivity index (χ0) is 18.5. The highest BCUT2D eigenvalue weighted by Gasteiger charge is 2.53. The van der Waals surface area contributed by atoms with Crippen molar-refractivity contribution in [3.8, 4) is 0 Å². The van der Waals surface area contributed by atoms with Gasteiger partial charge in [-0.15, -0.1) is 0 Å². The minimum Gasteiger partial charge on any atom is -0.314 e. The van der Waals surface area contributed by atoms with Gasteiger partial charge in [-0.3, -0.25) is 4.90 Å². The lowest BCUT2D eigenvalue weighted by atomic mass is 10.1. The number of hydrogen-bond donors (Lipinski definition) is 0. The van der Waals surface area contributed by atoms with E-state index < -0.39 is 27.7 Å². The highest BCUT2D eigenvalue weighted by molar-refractivity contribution is 7.91. The van der Waals surface area contributed by atoms with E-state index in [2.05, 4.69) is 0 Å². The summed E-state index contributed by atoms with van der Waals surface area (Å²) in [5, 5.41) is 0.216. The number of amides is 2. The van der Waals surface area contributed by atoms with Crippen molar-refractivity contribution in [3.63, 3.8) is 0 Å². The van der Waals surface area contributed by atoms with Crippen molar-refractivity contribution in [1.29, 1.82) is 0 Å². The Morgan fingerprint density at radius 2 is 1.73 bits per heavy atom. The lowest BCUT2D eigenvalue weighted by Crippen LogP contribution is -2.37. The van der Waals surface area contributed by atoms with Gasteiger partial charge in [-0.25, -0.2) is 17.6 Å². The number of rotatable bonds is 3. The molecule has 136 valence electrons. The summed E-state index contributed by atoms with van der Waals surface area (Å²) >= 11 is 6.10. The maximum Gasteiger partial charge on any atom is 0.325 e. The van der Waals surface area contributed by atoms with Crippen LogP contribution in [0.5, 0.6) is 0 Å². The van der Waals surface area contributed by atoms with Crippen LogP contribution in [0.3, 0.4) is 0 Å². The average molecular weight is 395 g/mol. The second kappa shape index (κ2) is 6.25. The number of anilines is 1. The molecule has 0 N–H and O–H groups in total. The van der Waals surface area contributed by atoms with Crippen LogP contribution in [-0.2, 0) is 16.4 Å². The number of fused-ring (bicyclic) bond motifs is 1. The molecule has 5 nitrogen and oxygen atoms in total. The summed E-state index contributed by atoms with van der Waals surface area (Å²) in [6.07, 6.45) is 0. The summed E-state index contributed by atoms with van der Waals surface area (Å²) in [6.45, 7) is -0.0651. The van der Waals surface area contributed by atoms with Crippen LogP contribution < -0.4 is 4.90 Å². The number of sulfone groups is 1. The Bertz CT molecular complexity index is 947. The molecule has 2 amide bonds. The highest BCUT2D eigenvalue weighted by atomic mass is 35.5. The molecule has 8 heteroatoms. The summed E-state index contributed by atoms with van der Waals surface area (Å²) < 4.78 is 38.6. The fraction of sp³-hybridized carbons (Fsp3) is 0.278. The zero-order valence-corrected chi connectivity index (χ0v) is 15.3. The fourth-order valence-electron chi connectivity index (χ4n) is 3.71. The Morgan fingerprint density at radius 3 is 2.42 bits per heavy atom. The van der Waals surface area contributed by atoms with Gasteiger partial charge in [0.05, 0.1) is 30.1 Å². The van der Waals surface area contributed by atoms with Gasteiger partial charge in [0.25, 0.3) is 0 Å². The summed E-state index contributed by atoms with van der Waals surface area (Å²) in [5.74, 6) is -0.737. The van der Waals surface area contributed by atoms with Crippen molar-refractivity contribution >= 4 is 33.2 Å². The molecule has 2 aliphatic heterocycles. The summed E-state index contributed by atoms with van der Waals surface area (Å²) in [7, 11) is -3.28. The van der Waals surface area contributed by atoms with Crippen molar-refractivity contribution in [2.24, 2.45) is 0 Å². The smallest absolute Gasteiger partial charge is 0.314 e. The molecule has 2 aromatic carbocycles. The van der Waals surface area contributed by atoms with Crippen molar-refractivity contribution in [3.05, 3.63) is 64.9 Å². The summed E-state index contributed by atoms with van der Waals surface area (Å²) in [6, 6.07) is 11.9. The van der Waals surface area contributed by atoms with E-state index in [0.717, 1.165) is 0 Å². The van der Waals surface area contributed by atoms with Crippen molar-refractivity contribution in [2.75, 3.05) is 16.4 Å². The third-order valence-electron chi connectivity index (χ3n) is 4.90. The molecule has 0 spiro atoms. The van der Waals surface area contributed by atoms with Gasteiger partial charge in [-0.2, -0.15) is 0 Å². The minimum absolute atomic E-state index is 0.0651. The first-order chi connectivity index (χ1) is 12.4. The van der Waals surface area contributed by atoms with E-state index in [0.29, 0.717) is 5.69 Å². The molecular formula is C18H16ClFN2O3S. The topological polar surface area (TPSA) is 57.7 Å². The Hall–Kier alpha value is -2.12. The number of nitrogens with zero attached hydrogens (tertiary/aromatic N) is 2. The van der Waals surface area contributed by atoms with Crippen LogP contribution in [0.2, 0.25) is 5.02 Å². The Kier molecular flexibility index (Phi) is 4.16. The van der Waals surface area contributed by atoms with Gasteiger partial charge in [0.2, 0.25) is 0 Å². The number of carbonyl (C=O) groups is 1. The largest absolute Gasteiger partial charge is 0.325 e. The van der Waals surface area contributed by atoms with Crippen LogP contribution in [0, 0.1) is 5.82 Å². The minimum atomic E-state index is -3.28. The van der Waals surface area contributed by atoms with E-state index in [4.69, 9.17) is 11.6 Å². The van der Waals surface area contributed by atoms with Crippen LogP contribution in [0.15, 0.2) is 48.5 Å². The Morgan fingerprint density at radius 1 is 1.04 bits per heavy atom. The molecule has 2 heterocycles. The van der Waals surface area contributed by atoms with Gasteiger partial charge < -0.3 is 4.90 Å². The highest BCUT2D eigenvalue weighted by Crippen LogP contribution is 2.36. The normalized spacial score (nSPS) is 24.2. The molecule has 0 aliphatic carbocycles. The standard InChI is InChI=1S/C18H16ClFN2O3S/c19-14-7-4-8-15(20)13(14)9-21-16-10-26(24,25)11-17(16)22(18(21)23)12-5-2-1-3-6-12/h1-8,16-17H,9-11H2/t16-,17+/m1/s1. The monoisotopic (exact) mass is 394 g/mol. The third-order valence-corrected chi connectivity index (χ3v) is 6.95. The van der Waals surface area contributed by atoms with E-state index in [1.165, 1.54) is 21.9 Å². The number of halogens is 2. The maximum atomic E-state index is 14.2. The average Bonchev–Trinajstić information content (AvgIpc) is 3.02. The molecule has 26 heavy (non-hydrogen) atoms. The second-order valence-electron chi connectivity index (χ2n) is 6.53. The molecule has 2 saturated heterocycles. The first-order valence-corrected chi connectivity index (χ1v) is 10.4. The van der Waals surface area contributed by atoms with Gasteiger partial charge in [0.1, 0.15) is 5.82 Å². The number of benzene rings is 2. The molecule has 0 aromatic heterocycles. The quantitative estimate of drug-likeness (QED) is 0.752. The van der Waals surface area contributed by atoms with Gasteiger partial charge >= 0.3 is 6.03 Å². The Balaban J connectivity index is 1.74. The molecular weight excluding hydrogens is 379 g/mol. The SMILES string of the molecule is O=C1N(Cc2c(F)cccc2Cl)[C@@H]2CS(=O)(=O)C[C@@H]2N1c1ccccc1. The summed E-state index contributed by atoms with van der Waals surface area (Å²) in [5.41, 5.74) is 0.826. The van der Waals surface area contributed by atoms with Gasteiger partial charge in [0, 0.05) is 16.3 Å². The molecule has 2 aliphatic rings. The molecule has 2 atom stereocenters. The van der Waals surface area contributed by atoms with E-state index in [-0.39, 0.29) is 34.7 Å². The third kappa shape index (κ3) is 2.85. The van der Waals surface area contributed by atoms with Gasteiger partial charge in [-0.05, 0) is 24.3 Å². The van der Waals surface area contributed by atoms with Crippen molar-refractivity contribution < 1.29 is 17.6 Å². The zero-order valence-electron chi connectivity index (χ0n) is 13.7. The van der Waals surface area contributed by atoms with Gasteiger partial charge in [0.15, 0.2) is 9.84 Å². The second-order valence-corrected chi connectivity index (χ2v) is 9.09. The van der Waals surface area contributed by atoms with Crippen LogP contribution in [-0.4, -0.2) is 42.9 Å². The molecule has 4 rings (SSSR count). The number of hydrogen-bond acceptors (Lipinski definition) is 3. The van der Waals surface area contributed by atoms with Crippen molar-refractivity contribution in [1.82, 2.24) is 4.90 Å². The first-order valence-electron chi connectivity index (χ1n) is 8.15. The van der Waals surface area contributed by atoms with E-state index >= 15 is 0 Å². The molecule has 0 saturated carbocycles. The molecule has 0 unspecified atom stereocenters. The first kappa shape index (κ1) is 17.3. The van der Waals surface area contributed by atoms with Crippen LogP contribution in [0.25, 0.3) is 0 Å². The van der Waals surface area contributed by atoms with Gasteiger partial charge in [-0.1, -0.05) is 35.9 Å². The molecule has 0 bridgehead atoms. The molecule has 2 fully saturated rings.